The Morgan fingerprint density at radius 1 is 1.44 bits per heavy atom. The molecule has 5 nitrogen and oxygen atoms in total. The van der Waals surface area contributed by atoms with Gasteiger partial charge >= 0.3 is 0 Å². The van der Waals surface area contributed by atoms with E-state index in [2.05, 4.69) is 24.2 Å². The van der Waals surface area contributed by atoms with Crippen LogP contribution in [0.2, 0.25) is 0 Å². The van der Waals surface area contributed by atoms with Crippen molar-refractivity contribution in [2.45, 2.75) is 45.8 Å². The van der Waals surface area contributed by atoms with Crippen molar-refractivity contribution < 1.29 is 9.84 Å². The molecule has 16 heavy (non-hydrogen) atoms. The Morgan fingerprint density at radius 2 is 2.19 bits per heavy atom. The molecule has 0 radical (unpaired) electrons. The van der Waals surface area contributed by atoms with Crippen molar-refractivity contribution >= 4 is 0 Å². The average Bonchev–Trinajstić information content (AvgIpc) is 2.69. The maximum atomic E-state index is 9.20. The van der Waals surface area contributed by atoms with Crippen LogP contribution in [-0.2, 0) is 17.8 Å². The van der Waals surface area contributed by atoms with Crippen LogP contribution in [0.1, 0.15) is 44.1 Å². The van der Waals surface area contributed by atoms with Gasteiger partial charge in [0.2, 0.25) is 0 Å². The zero-order valence-electron chi connectivity index (χ0n) is 10.3. The Labute approximate surface area is 96.4 Å². The Hall–Kier alpha value is -0.940. The van der Waals surface area contributed by atoms with E-state index in [1.165, 1.54) is 0 Å². The van der Waals surface area contributed by atoms with E-state index in [9.17, 15) is 5.11 Å². The zero-order chi connectivity index (χ0) is 12.0. The van der Waals surface area contributed by atoms with Gasteiger partial charge in [0.15, 0.2) is 0 Å². The molecule has 5 heteroatoms. The lowest BCUT2D eigenvalue weighted by atomic mass is 10.1. The van der Waals surface area contributed by atoms with Crippen LogP contribution in [0.3, 0.4) is 0 Å². The summed E-state index contributed by atoms with van der Waals surface area (Å²) in [5.41, 5.74) is 1.73. The van der Waals surface area contributed by atoms with Gasteiger partial charge in [0.05, 0.1) is 24.9 Å². The molecule has 92 valence electrons. The fraction of sp³-hybridized carbons (Fsp3) is 0.818. The molecule has 0 aliphatic heterocycles. The molecule has 0 bridgehead atoms. The van der Waals surface area contributed by atoms with Crippen LogP contribution in [0.25, 0.3) is 0 Å². The van der Waals surface area contributed by atoms with Crippen molar-refractivity contribution in [1.29, 1.82) is 0 Å². The summed E-state index contributed by atoms with van der Waals surface area (Å²) < 4.78 is 7.08. The molecule has 0 saturated heterocycles. The van der Waals surface area contributed by atoms with Gasteiger partial charge in [0.1, 0.15) is 5.69 Å². The Bertz CT molecular complexity index is 312. The van der Waals surface area contributed by atoms with E-state index in [0.29, 0.717) is 12.3 Å². The predicted octanol–water partition coefficient (Wildman–Crippen LogP) is 1.32. The van der Waals surface area contributed by atoms with Crippen molar-refractivity contribution in [2.75, 3.05) is 13.7 Å². The SMILES string of the molecule is CCCc1c(CO)nnn1C(CC)COC. The lowest BCUT2D eigenvalue weighted by Gasteiger charge is -2.16. The minimum Gasteiger partial charge on any atom is -0.390 e. The molecule has 1 atom stereocenters. The smallest absolute Gasteiger partial charge is 0.111 e. The van der Waals surface area contributed by atoms with Crippen LogP contribution < -0.4 is 0 Å². The van der Waals surface area contributed by atoms with Crippen LogP contribution in [0.15, 0.2) is 0 Å². The number of aliphatic hydroxyl groups is 1. The first kappa shape index (κ1) is 13.1. The molecule has 0 saturated carbocycles. The summed E-state index contributed by atoms with van der Waals surface area (Å²) in [5.74, 6) is 0. The van der Waals surface area contributed by atoms with Crippen LogP contribution in [0.4, 0.5) is 0 Å². The van der Waals surface area contributed by atoms with Gasteiger partial charge in [-0.1, -0.05) is 25.5 Å². The molecule has 0 amide bonds. The van der Waals surface area contributed by atoms with Gasteiger partial charge in [-0.05, 0) is 12.8 Å². The third kappa shape index (κ3) is 2.80. The van der Waals surface area contributed by atoms with Crippen molar-refractivity contribution in [3.05, 3.63) is 11.4 Å². The fourth-order valence-corrected chi connectivity index (χ4v) is 1.81. The van der Waals surface area contributed by atoms with Crippen molar-refractivity contribution in [3.8, 4) is 0 Å². The molecule has 1 aromatic rings. The molecule has 1 rings (SSSR count). The quantitative estimate of drug-likeness (QED) is 0.763. The number of hydrogen-bond acceptors (Lipinski definition) is 4. The summed E-state index contributed by atoms with van der Waals surface area (Å²) in [5, 5.41) is 17.3. The van der Waals surface area contributed by atoms with E-state index >= 15 is 0 Å². The Morgan fingerprint density at radius 3 is 2.69 bits per heavy atom. The Kier molecular flexibility index (Phi) is 5.42. The number of methoxy groups -OCH3 is 1. The fourth-order valence-electron chi connectivity index (χ4n) is 1.81. The first-order valence-electron chi connectivity index (χ1n) is 5.81. The maximum Gasteiger partial charge on any atom is 0.111 e. The predicted molar refractivity (Wildman–Crippen MR) is 61.1 cm³/mol. The number of hydrogen-bond donors (Lipinski definition) is 1. The van der Waals surface area contributed by atoms with E-state index < -0.39 is 0 Å². The van der Waals surface area contributed by atoms with Gasteiger partial charge in [0, 0.05) is 7.11 Å². The molecule has 0 aromatic carbocycles. The highest BCUT2D eigenvalue weighted by molar-refractivity contribution is 5.10. The van der Waals surface area contributed by atoms with Gasteiger partial charge in [-0.15, -0.1) is 5.10 Å². The monoisotopic (exact) mass is 227 g/mol. The van der Waals surface area contributed by atoms with Gasteiger partial charge in [0.25, 0.3) is 0 Å². The molecule has 0 aliphatic carbocycles. The molecular weight excluding hydrogens is 206 g/mol. The highest BCUT2D eigenvalue weighted by Gasteiger charge is 2.17. The van der Waals surface area contributed by atoms with E-state index in [-0.39, 0.29) is 12.6 Å². The van der Waals surface area contributed by atoms with Crippen LogP contribution in [-0.4, -0.2) is 33.8 Å². The van der Waals surface area contributed by atoms with E-state index in [1.807, 2.05) is 4.68 Å². The van der Waals surface area contributed by atoms with Crippen LogP contribution in [0, 0.1) is 0 Å². The van der Waals surface area contributed by atoms with Crippen molar-refractivity contribution in [1.82, 2.24) is 15.0 Å². The molecule has 1 heterocycles. The van der Waals surface area contributed by atoms with Gasteiger partial charge in [-0.3, -0.25) is 0 Å². The second-order valence-corrected chi connectivity index (χ2v) is 3.85. The number of rotatable bonds is 7. The highest BCUT2D eigenvalue weighted by atomic mass is 16.5. The number of aromatic nitrogens is 3. The summed E-state index contributed by atoms with van der Waals surface area (Å²) in [7, 11) is 1.69. The largest absolute Gasteiger partial charge is 0.390 e. The van der Waals surface area contributed by atoms with Crippen LogP contribution in [0.5, 0.6) is 0 Å². The normalized spacial score (nSPS) is 13.0. The zero-order valence-corrected chi connectivity index (χ0v) is 10.3. The molecule has 1 N–H and O–H groups in total. The lowest BCUT2D eigenvalue weighted by molar-refractivity contribution is 0.144. The first-order chi connectivity index (χ1) is 7.78. The third-order valence-corrected chi connectivity index (χ3v) is 2.68. The standard InChI is InChI=1S/C11H21N3O2/c1-4-6-11-10(7-15)12-13-14(11)9(5-2)8-16-3/h9,15H,4-8H2,1-3H3. The molecule has 1 aromatic heterocycles. The van der Waals surface area contributed by atoms with Crippen molar-refractivity contribution in [2.24, 2.45) is 0 Å². The minimum absolute atomic E-state index is 0.0429. The van der Waals surface area contributed by atoms with Gasteiger partial charge in [-0.25, -0.2) is 4.68 Å². The second kappa shape index (κ2) is 6.60. The van der Waals surface area contributed by atoms with E-state index in [1.54, 1.807) is 7.11 Å². The lowest BCUT2D eigenvalue weighted by Crippen LogP contribution is -2.18. The highest BCUT2D eigenvalue weighted by Crippen LogP contribution is 2.17. The topological polar surface area (TPSA) is 60.2 Å². The van der Waals surface area contributed by atoms with Crippen LogP contribution >= 0.6 is 0 Å². The molecule has 0 fully saturated rings. The molecule has 1 unspecified atom stereocenters. The molecular formula is C11H21N3O2. The van der Waals surface area contributed by atoms with Crippen molar-refractivity contribution in [3.63, 3.8) is 0 Å². The number of ether oxygens (including phenoxy) is 1. The van der Waals surface area contributed by atoms with E-state index in [4.69, 9.17) is 4.74 Å². The first-order valence-corrected chi connectivity index (χ1v) is 5.81. The summed E-state index contributed by atoms with van der Waals surface area (Å²) >= 11 is 0. The summed E-state index contributed by atoms with van der Waals surface area (Å²) in [4.78, 5) is 0. The summed E-state index contributed by atoms with van der Waals surface area (Å²) in [6.45, 7) is 4.79. The second-order valence-electron chi connectivity index (χ2n) is 3.85. The van der Waals surface area contributed by atoms with Gasteiger partial charge < -0.3 is 9.84 Å². The average molecular weight is 227 g/mol. The van der Waals surface area contributed by atoms with E-state index in [0.717, 1.165) is 25.0 Å². The summed E-state index contributed by atoms with van der Waals surface area (Å²) in [6, 6.07) is 0.208. The number of nitrogens with zero attached hydrogens (tertiary/aromatic N) is 3. The van der Waals surface area contributed by atoms with Gasteiger partial charge in [-0.2, -0.15) is 0 Å². The maximum absolute atomic E-state index is 9.20. The summed E-state index contributed by atoms with van der Waals surface area (Å²) in [6.07, 6.45) is 2.85. The molecule has 0 spiro atoms. The minimum atomic E-state index is -0.0429. The Balaban J connectivity index is 2.96. The third-order valence-electron chi connectivity index (χ3n) is 2.68. The molecule has 0 aliphatic rings. The number of aliphatic hydroxyl groups excluding tert-OH is 1.